The summed E-state index contributed by atoms with van der Waals surface area (Å²) in [5.41, 5.74) is -0.0169. The number of carboxylic acid groups (broad SMARTS) is 1. The molecule has 4 saturated carbocycles. The highest BCUT2D eigenvalue weighted by Crippen LogP contribution is 2.69. The fourth-order valence-corrected chi connectivity index (χ4v) is 9.57. The summed E-state index contributed by atoms with van der Waals surface area (Å²) in [4.78, 5) is 11.0. The SMILES string of the molecule is CC[C@H]1C(O)C2C3CC[C@H]([C@H](C)CC(F)(F)C(=O)O)[C@@]3(C)CCC2[C@@]2(C)CC[C@@H](O)C[C@@H]12. The number of aliphatic carboxylic acids is 1. The van der Waals surface area contributed by atoms with E-state index in [0.717, 1.165) is 51.4 Å². The molecule has 4 fully saturated rings. The van der Waals surface area contributed by atoms with Gasteiger partial charge in [-0.05, 0) is 97.2 Å². The highest BCUT2D eigenvalue weighted by atomic mass is 19.3. The van der Waals surface area contributed by atoms with Crippen LogP contribution in [0.3, 0.4) is 0 Å². The van der Waals surface area contributed by atoms with Gasteiger partial charge >= 0.3 is 11.9 Å². The lowest BCUT2D eigenvalue weighted by atomic mass is 9.41. The summed E-state index contributed by atoms with van der Waals surface area (Å²) >= 11 is 0. The van der Waals surface area contributed by atoms with E-state index in [-0.39, 0.29) is 40.6 Å². The third-order valence-corrected chi connectivity index (χ3v) is 11.0. The van der Waals surface area contributed by atoms with E-state index < -0.39 is 24.4 Å². The lowest BCUT2D eigenvalue weighted by Gasteiger charge is -2.64. The summed E-state index contributed by atoms with van der Waals surface area (Å²) in [6.45, 7) is 8.56. The normalized spacial score (nSPS) is 49.6. The van der Waals surface area contributed by atoms with Gasteiger partial charge in [0.1, 0.15) is 0 Å². The predicted octanol–water partition coefficient (Wildman–Crippen LogP) is 5.36. The fraction of sp³-hybridized carbons (Fsp3) is 0.962. The van der Waals surface area contributed by atoms with Crippen molar-refractivity contribution in [2.45, 2.75) is 104 Å². The quantitative estimate of drug-likeness (QED) is 0.520. The molecule has 6 heteroatoms. The van der Waals surface area contributed by atoms with Crippen LogP contribution in [-0.2, 0) is 4.79 Å². The number of carbonyl (C=O) groups is 1. The first-order chi connectivity index (χ1) is 14.9. The molecule has 11 atom stereocenters. The number of halogens is 2. The van der Waals surface area contributed by atoms with Crippen LogP contribution in [0.1, 0.15) is 85.5 Å². The van der Waals surface area contributed by atoms with Crippen molar-refractivity contribution in [1.29, 1.82) is 0 Å². The molecule has 0 spiro atoms. The first-order valence-electron chi connectivity index (χ1n) is 12.8. The Morgan fingerprint density at radius 1 is 1.03 bits per heavy atom. The fourth-order valence-electron chi connectivity index (χ4n) is 9.57. The van der Waals surface area contributed by atoms with E-state index in [9.17, 15) is 23.8 Å². The zero-order chi connectivity index (χ0) is 23.6. The molecule has 0 radical (unpaired) electrons. The van der Waals surface area contributed by atoms with Crippen molar-refractivity contribution in [3.8, 4) is 0 Å². The molecule has 32 heavy (non-hydrogen) atoms. The van der Waals surface area contributed by atoms with Crippen LogP contribution in [0.25, 0.3) is 0 Å². The van der Waals surface area contributed by atoms with Crippen LogP contribution >= 0.6 is 0 Å². The predicted molar refractivity (Wildman–Crippen MR) is 118 cm³/mol. The average Bonchev–Trinajstić information content (AvgIpc) is 3.06. The standard InChI is InChI=1S/C26H42F2O4/c1-5-16-20-12-15(29)8-10-25(20,4)19-9-11-24(3)17(6-7-18(24)21(19)22(16)30)14(2)13-26(27,28)23(31)32/h14-22,29-30H,5-13H2,1-4H3,(H,31,32)/t14-,15-,16-,17-,18?,19?,20+,21?,22?,24-,25-/m1/s1. The molecule has 4 unspecified atom stereocenters. The lowest BCUT2D eigenvalue weighted by Crippen LogP contribution is -2.62. The Morgan fingerprint density at radius 3 is 2.28 bits per heavy atom. The summed E-state index contributed by atoms with van der Waals surface area (Å²) in [6.07, 6.45) is 5.93. The smallest absolute Gasteiger partial charge is 0.374 e. The third kappa shape index (κ3) is 3.54. The summed E-state index contributed by atoms with van der Waals surface area (Å²) in [6, 6.07) is 0. The zero-order valence-corrected chi connectivity index (χ0v) is 20.1. The van der Waals surface area contributed by atoms with Gasteiger partial charge in [0.25, 0.3) is 0 Å². The molecule has 0 amide bonds. The van der Waals surface area contributed by atoms with Crippen LogP contribution < -0.4 is 0 Å². The highest BCUT2D eigenvalue weighted by Gasteiger charge is 2.65. The number of hydrogen-bond acceptors (Lipinski definition) is 3. The van der Waals surface area contributed by atoms with E-state index in [1.165, 1.54) is 0 Å². The summed E-state index contributed by atoms with van der Waals surface area (Å²) in [5.74, 6) is -4.65. The molecule has 184 valence electrons. The number of fused-ring (bicyclic) bond motifs is 5. The molecule has 4 nitrogen and oxygen atoms in total. The molecule has 0 heterocycles. The van der Waals surface area contributed by atoms with Crippen LogP contribution in [-0.4, -0.2) is 39.4 Å². The van der Waals surface area contributed by atoms with Crippen molar-refractivity contribution in [3.05, 3.63) is 0 Å². The molecular formula is C26H42F2O4. The van der Waals surface area contributed by atoms with Gasteiger partial charge in [0.15, 0.2) is 0 Å². The van der Waals surface area contributed by atoms with Gasteiger partial charge < -0.3 is 15.3 Å². The van der Waals surface area contributed by atoms with E-state index in [2.05, 4.69) is 20.8 Å². The van der Waals surface area contributed by atoms with E-state index in [4.69, 9.17) is 5.11 Å². The Labute approximate surface area is 191 Å². The minimum absolute atomic E-state index is 0.0599. The van der Waals surface area contributed by atoms with Crippen molar-refractivity contribution in [2.24, 2.45) is 52.3 Å². The van der Waals surface area contributed by atoms with Crippen molar-refractivity contribution in [1.82, 2.24) is 0 Å². The Kier molecular flexibility index (Phi) is 6.23. The Balaban J connectivity index is 1.62. The van der Waals surface area contributed by atoms with Crippen LogP contribution in [0.4, 0.5) is 8.78 Å². The van der Waals surface area contributed by atoms with Gasteiger partial charge in [-0.3, -0.25) is 0 Å². The number of carboxylic acids is 1. The Morgan fingerprint density at radius 2 is 1.66 bits per heavy atom. The van der Waals surface area contributed by atoms with Gasteiger partial charge in [0, 0.05) is 6.42 Å². The first-order valence-corrected chi connectivity index (χ1v) is 12.8. The number of hydrogen-bond donors (Lipinski definition) is 3. The van der Waals surface area contributed by atoms with Gasteiger partial charge in [-0.1, -0.05) is 34.1 Å². The summed E-state index contributed by atoms with van der Waals surface area (Å²) in [5, 5.41) is 31.0. The van der Waals surface area contributed by atoms with Crippen LogP contribution in [0.2, 0.25) is 0 Å². The van der Waals surface area contributed by atoms with E-state index in [0.29, 0.717) is 17.8 Å². The van der Waals surface area contributed by atoms with Gasteiger partial charge in [-0.2, -0.15) is 8.78 Å². The molecule has 0 saturated heterocycles. The number of aliphatic hydroxyl groups is 2. The molecule has 4 aliphatic rings. The van der Waals surface area contributed by atoms with Crippen LogP contribution in [0.5, 0.6) is 0 Å². The lowest BCUT2D eigenvalue weighted by molar-refractivity contribution is -0.204. The maximum Gasteiger partial charge on any atom is 0.374 e. The number of rotatable bonds is 5. The highest BCUT2D eigenvalue weighted by molar-refractivity contribution is 5.75. The van der Waals surface area contributed by atoms with Gasteiger partial charge in [-0.15, -0.1) is 0 Å². The van der Waals surface area contributed by atoms with E-state index in [1.54, 1.807) is 6.92 Å². The minimum atomic E-state index is -3.69. The molecule has 0 aliphatic heterocycles. The first kappa shape index (κ1) is 24.4. The molecule has 4 aliphatic carbocycles. The van der Waals surface area contributed by atoms with Crippen molar-refractivity contribution in [3.63, 3.8) is 0 Å². The maximum atomic E-state index is 14.0. The minimum Gasteiger partial charge on any atom is -0.477 e. The van der Waals surface area contributed by atoms with Gasteiger partial charge in [-0.25, -0.2) is 4.79 Å². The largest absolute Gasteiger partial charge is 0.477 e. The second kappa shape index (κ2) is 8.18. The molecule has 4 rings (SSSR count). The van der Waals surface area contributed by atoms with Gasteiger partial charge in [0.05, 0.1) is 12.2 Å². The number of aliphatic hydroxyl groups excluding tert-OH is 2. The maximum absolute atomic E-state index is 14.0. The summed E-state index contributed by atoms with van der Waals surface area (Å²) in [7, 11) is 0. The van der Waals surface area contributed by atoms with Crippen molar-refractivity contribution < 1.29 is 28.9 Å². The van der Waals surface area contributed by atoms with E-state index in [1.807, 2.05) is 0 Å². The van der Waals surface area contributed by atoms with Gasteiger partial charge in [0.2, 0.25) is 0 Å². The molecule has 0 bridgehead atoms. The zero-order valence-electron chi connectivity index (χ0n) is 20.1. The monoisotopic (exact) mass is 456 g/mol. The molecule has 0 aromatic rings. The Hall–Kier alpha value is -0.750. The van der Waals surface area contributed by atoms with Crippen LogP contribution in [0, 0.1) is 52.3 Å². The van der Waals surface area contributed by atoms with Crippen molar-refractivity contribution in [2.75, 3.05) is 0 Å². The second-order valence-corrected chi connectivity index (χ2v) is 12.3. The summed E-state index contributed by atoms with van der Waals surface area (Å²) < 4.78 is 28.1. The van der Waals surface area contributed by atoms with Crippen molar-refractivity contribution >= 4 is 5.97 Å². The topological polar surface area (TPSA) is 77.8 Å². The average molecular weight is 457 g/mol. The molecule has 0 aromatic heterocycles. The number of alkyl halides is 2. The molecule has 3 N–H and O–H groups in total. The molecular weight excluding hydrogens is 414 g/mol. The second-order valence-electron chi connectivity index (χ2n) is 12.3. The molecule has 0 aromatic carbocycles. The van der Waals surface area contributed by atoms with Crippen LogP contribution in [0.15, 0.2) is 0 Å². The third-order valence-electron chi connectivity index (χ3n) is 11.0. The Bertz CT molecular complexity index is 729. The van der Waals surface area contributed by atoms with E-state index >= 15 is 0 Å².